The van der Waals surface area contributed by atoms with Crippen molar-refractivity contribution in [2.75, 3.05) is 0 Å². The summed E-state index contributed by atoms with van der Waals surface area (Å²) in [6.45, 7) is 2.06. The lowest BCUT2D eigenvalue weighted by atomic mass is 10.1. The van der Waals surface area contributed by atoms with E-state index in [0.717, 1.165) is 5.69 Å². The molecule has 2 heteroatoms. The van der Waals surface area contributed by atoms with Crippen molar-refractivity contribution in [1.29, 1.82) is 0 Å². The average Bonchev–Trinajstić information content (AvgIpc) is 2.43. The number of rotatable bonds is 1. The molecule has 0 atom stereocenters. The summed E-state index contributed by atoms with van der Waals surface area (Å²) in [4.78, 5) is 0. The molecule has 0 spiro atoms. The molecule has 0 aliphatic heterocycles. The first-order chi connectivity index (χ1) is 6.36. The monoisotopic (exact) mass is 178 g/mol. The van der Waals surface area contributed by atoms with Crippen molar-refractivity contribution in [3.05, 3.63) is 18.0 Å². The van der Waals surface area contributed by atoms with Gasteiger partial charge in [0, 0.05) is 6.20 Å². The molecule has 0 unspecified atom stereocenters. The molecule has 0 N–H and O–H groups in total. The first-order valence-electron chi connectivity index (χ1n) is 5.38. The van der Waals surface area contributed by atoms with Gasteiger partial charge in [0.25, 0.3) is 0 Å². The van der Waals surface area contributed by atoms with Crippen LogP contribution in [-0.4, -0.2) is 9.78 Å². The largest absolute Gasteiger partial charge is 0.269 e. The van der Waals surface area contributed by atoms with Crippen LogP contribution < -0.4 is 0 Å². The average molecular weight is 178 g/mol. The molecule has 0 radical (unpaired) electrons. The highest BCUT2D eigenvalue weighted by molar-refractivity contribution is 4.96. The molecule has 0 amide bonds. The topological polar surface area (TPSA) is 17.8 Å². The normalized spacial score (nSPS) is 20.1. The lowest BCUT2D eigenvalue weighted by Crippen LogP contribution is -2.08. The minimum atomic E-state index is 0.677. The van der Waals surface area contributed by atoms with E-state index in [1.54, 1.807) is 0 Å². The van der Waals surface area contributed by atoms with Crippen LogP contribution in [0.3, 0.4) is 0 Å². The van der Waals surface area contributed by atoms with Crippen LogP contribution in [0.5, 0.6) is 0 Å². The first-order valence-corrected chi connectivity index (χ1v) is 5.38. The lowest BCUT2D eigenvalue weighted by molar-refractivity contribution is 0.404. The highest BCUT2D eigenvalue weighted by Crippen LogP contribution is 2.26. The second-order valence-electron chi connectivity index (χ2n) is 4.08. The molecule has 72 valence electrons. The summed E-state index contributed by atoms with van der Waals surface area (Å²) in [5, 5.41) is 4.49. The van der Waals surface area contributed by atoms with Gasteiger partial charge in [-0.05, 0) is 25.8 Å². The molecule has 0 bridgehead atoms. The third kappa shape index (κ3) is 2.11. The van der Waals surface area contributed by atoms with E-state index in [9.17, 15) is 0 Å². The highest BCUT2D eigenvalue weighted by Gasteiger charge is 2.13. The minimum absolute atomic E-state index is 0.677. The predicted molar refractivity (Wildman–Crippen MR) is 53.7 cm³/mol. The van der Waals surface area contributed by atoms with Gasteiger partial charge < -0.3 is 0 Å². The molecule has 1 fully saturated rings. The fourth-order valence-electron chi connectivity index (χ4n) is 2.16. The van der Waals surface area contributed by atoms with Crippen LogP contribution in [0.1, 0.15) is 50.3 Å². The number of nitrogens with zero attached hydrogens (tertiary/aromatic N) is 2. The number of aromatic nitrogens is 2. The van der Waals surface area contributed by atoms with Crippen LogP contribution in [0.25, 0.3) is 0 Å². The summed E-state index contributed by atoms with van der Waals surface area (Å²) in [7, 11) is 0. The van der Waals surface area contributed by atoms with Crippen LogP contribution in [0.2, 0.25) is 0 Å². The third-order valence-electron chi connectivity index (χ3n) is 2.94. The van der Waals surface area contributed by atoms with Crippen molar-refractivity contribution < 1.29 is 0 Å². The summed E-state index contributed by atoms with van der Waals surface area (Å²) in [5.74, 6) is 0. The Hall–Kier alpha value is -0.790. The number of hydrogen-bond acceptors (Lipinski definition) is 1. The summed E-state index contributed by atoms with van der Waals surface area (Å²) in [5.41, 5.74) is 1.14. The van der Waals surface area contributed by atoms with E-state index in [4.69, 9.17) is 0 Å². The summed E-state index contributed by atoms with van der Waals surface area (Å²) in [6.07, 6.45) is 10.4. The molecule has 1 aromatic rings. The van der Waals surface area contributed by atoms with E-state index in [-0.39, 0.29) is 0 Å². The Balaban J connectivity index is 2.06. The van der Waals surface area contributed by atoms with Crippen molar-refractivity contribution in [2.24, 2.45) is 0 Å². The molecule has 1 heterocycles. The fourth-order valence-corrected chi connectivity index (χ4v) is 2.16. The molecule has 0 saturated heterocycles. The Bertz CT molecular complexity index is 257. The van der Waals surface area contributed by atoms with Crippen molar-refractivity contribution in [3.63, 3.8) is 0 Å². The maximum absolute atomic E-state index is 4.49. The van der Waals surface area contributed by atoms with Crippen LogP contribution in [0.4, 0.5) is 0 Å². The van der Waals surface area contributed by atoms with Gasteiger partial charge in [0.05, 0.1) is 11.7 Å². The van der Waals surface area contributed by atoms with Gasteiger partial charge in [0.2, 0.25) is 0 Å². The zero-order chi connectivity index (χ0) is 9.10. The Morgan fingerprint density at radius 2 is 1.92 bits per heavy atom. The van der Waals surface area contributed by atoms with Crippen molar-refractivity contribution in [1.82, 2.24) is 9.78 Å². The number of hydrogen-bond donors (Lipinski definition) is 0. The molecule has 2 rings (SSSR count). The molecule has 1 aromatic heterocycles. The minimum Gasteiger partial charge on any atom is -0.269 e. The van der Waals surface area contributed by atoms with Crippen molar-refractivity contribution in [2.45, 2.75) is 51.5 Å². The Morgan fingerprint density at radius 1 is 1.23 bits per heavy atom. The predicted octanol–water partition coefficient (Wildman–Crippen LogP) is 3.09. The van der Waals surface area contributed by atoms with E-state index in [1.807, 2.05) is 0 Å². The van der Waals surface area contributed by atoms with E-state index < -0.39 is 0 Å². The molecule has 0 aromatic carbocycles. The van der Waals surface area contributed by atoms with Crippen LogP contribution in [0, 0.1) is 6.92 Å². The van der Waals surface area contributed by atoms with Gasteiger partial charge in [-0.2, -0.15) is 5.10 Å². The van der Waals surface area contributed by atoms with Gasteiger partial charge in [-0.3, -0.25) is 4.68 Å². The Kier molecular flexibility index (Phi) is 2.67. The van der Waals surface area contributed by atoms with Gasteiger partial charge in [0.1, 0.15) is 0 Å². The maximum Gasteiger partial charge on any atom is 0.0593 e. The van der Waals surface area contributed by atoms with Crippen molar-refractivity contribution >= 4 is 0 Å². The Labute approximate surface area is 80.0 Å². The zero-order valence-corrected chi connectivity index (χ0v) is 8.37. The lowest BCUT2D eigenvalue weighted by Gasteiger charge is -2.14. The standard InChI is InChI=1S/C11H18N2/c1-10-8-9-13(12-10)11-6-4-2-3-5-7-11/h8-9,11H,2-7H2,1H3. The van der Waals surface area contributed by atoms with E-state index in [2.05, 4.69) is 29.0 Å². The smallest absolute Gasteiger partial charge is 0.0593 e. The SMILES string of the molecule is Cc1ccn(C2CCCCCC2)n1. The van der Waals surface area contributed by atoms with Crippen LogP contribution >= 0.6 is 0 Å². The van der Waals surface area contributed by atoms with E-state index >= 15 is 0 Å². The van der Waals surface area contributed by atoms with Crippen LogP contribution in [-0.2, 0) is 0 Å². The second-order valence-corrected chi connectivity index (χ2v) is 4.08. The number of aryl methyl sites for hydroxylation is 1. The van der Waals surface area contributed by atoms with Gasteiger partial charge >= 0.3 is 0 Å². The first kappa shape index (κ1) is 8.79. The fraction of sp³-hybridized carbons (Fsp3) is 0.727. The van der Waals surface area contributed by atoms with E-state index in [0.29, 0.717) is 6.04 Å². The van der Waals surface area contributed by atoms with Gasteiger partial charge in [0.15, 0.2) is 0 Å². The van der Waals surface area contributed by atoms with Gasteiger partial charge in [-0.25, -0.2) is 0 Å². The quantitative estimate of drug-likeness (QED) is 0.604. The highest BCUT2D eigenvalue weighted by atomic mass is 15.3. The molecule has 2 nitrogen and oxygen atoms in total. The summed E-state index contributed by atoms with van der Waals surface area (Å²) >= 11 is 0. The molecular weight excluding hydrogens is 160 g/mol. The zero-order valence-electron chi connectivity index (χ0n) is 8.37. The molecule has 1 aliphatic carbocycles. The van der Waals surface area contributed by atoms with E-state index in [1.165, 1.54) is 38.5 Å². The maximum atomic E-state index is 4.49. The van der Waals surface area contributed by atoms with Gasteiger partial charge in [-0.15, -0.1) is 0 Å². The Morgan fingerprint density at radius 3 is 2.46 bits per heavy atom. The molecule has 13 heavy (non-hydrogen) atoms. The van der Waals surface area contributed by atoms with Crippen LogP contribution in [0.15, 0.2) is 12.3 Å². The summed E-state index contributed by atoms with van der Waals surface area (Å²) in [6, 6.07) is 2.78. The van der Waals surface area contributed by atoms with Gasteiger partial charge in [-0.1, -0.05) is 25.7 Å². The van der Waals surface area contributed by atoms with Crippen molar-refractivity contribution in [3.8, 4) is 0 Å². The molecular formula is C11H18N2. The second kappa shape index (κ2) is 3.95. The third-order valence-corrected chi connectivity index (χ3v) is 2.94. The molecule has 1 saturated carbocycles. The molecule has 1 aliphatic rings. The summed E-state index contributed by atoms with van der Waals surface area (Å²) < 4.78 is 2.17.